The first-order chi connectivity index (χ1) is 6.63. The molecule has 0 aliphatic heterocycles. The highest BCUT2D eigenvalue weighted by Gasteiger charge is 2.04. The number of hydrogen-bond donors (Lipinski definition) is 1. The molecule has 1 rings (SSSR count). The van der Waals surface area contributed by atoms with Crippen LogP contribution in [0.25, 0.3) is 0 Å². The second-order valence-corrected chi connectivity index (χ2v) is 4.49. The molecule has 1 N–H and O–H groups in total. The van der Waals surface area contributed by atoms with Crippen molar-refractivity contribution >= 4 is 40.0 Å². The van der Waals surface area contributed by atoms with Gasteiger partial charge in [-0.2, -0.15) is 5.26 Å². The number of nitrogens with one attached hydrogen (secondary N) is 1. The lowest BCUT2D eigenvalue weighted by Crippen LogP contribution is -2.11. The normalized spacial score (nSPS) is 11.9. The van der Waals surface area contributed by atoms with Crippen molar-refractivity contribution in [2.75, 3.05) is 11.9 Å². The Labute approximate surface area is 102 Å². The monoisotopic (exact) mass is 321 g/mol. The fourth-order valence-corrected chi connectivity index (χ4v) is 1.85. The van der Waals surface area contributed by atoms with Gasteiger partial charge in [-0.1, -0.05) is 11.6 Å². The minimum Gasteiger partial charge on any atom is -0.368 e. The number of pyridine rings is 1. The van der Waals surface area contributed by atoms with Crippen LogP contribution in [-0.4, -0.2) is 11.5 Å². The summed E-state index contributed by atoms with van der Waals surface area (Å²) in [5.41, 5.74) is 0. The smallest absolute Gasteiger partial charge is 0.139 e. The van der Waals surface area contributed by atoms with Crippen LogP contribution in [0.5, 0.6) is 0 Å². The van der Waals surface area contributed by atoms with Crippen LogP contribution in [0, 0.1) is 20.8 Å². The van der Waals surface area contributed by atoms with Gasteiger partial charge in [-0.25, -0.2) is 4.98 Å². The number of nitriles is 1. The van der Waals surface area contributed by atoms with Crippen molar-refractivity contribution in [3.63, 3.8) is 0 Å². The summed E-state index contributed by atoms with van der Waals surface area (Å²) in [5.74, 6) is 0.750. The van der Waals surface area contributed by atoms with Crippen molar-refractivity contribution in [3.8, 4) is 6.07 Å². The average Bonchev–Trinajstić information content (AvgIpc) is 2.16. The Kier molecular flexibility index (Phi) is 4.42. The third-order valence-corrected chi connectivity index (χ3v) is 2.63. The van der Waals surface area contributed by atoms with Crippen LogP contribution in [0.4, 0.5) is 5.82 Å². The van der Waals surface area contributed by atoms with Gasteiger partial charge < -0.3 is 5.32 Å². The molecule has 5 heteroatoms. The first-order valence-corrected chi connectivity index (χ1v) is 5.53. The third-order valence-electron chi connectivity index (χ3n) is 1.60. The minimum absolute atomic E-state index is 0.0247. The molecule has 0 fully saturated rings. The molecule has 3 nitrogen and oxygen atoms in total. The predicted octanol–water partition coefficient (Wildman–Crippen LogP) is 2.91. The second-order valence-electron chi connectivity index (χ2n) is 2.90. The molecule has 1 unspecified atom stereocenters. The summed E-state index contributed by atoms with van der Waals surface area (Å²) < 4.78 is 0.959. The molecule has 0 amide bonds. The van der Waals surface area contributed by atoms with Gasteiger partial charge in [0.25, 0.3) is 0 Å². The Hall–Kier alpha value is -0.540. The number of halogens is 2. The minimum atomic E-state index is -0.0247. The largest absolute Gasteiger partial charge is 0.368 e. The molecule has 1 atom stereocenters. The molecular formula is C9H9ClIN3. The molecule has 14 heavy (non-hydrogen) atoms. The van der Waals surface area contributed by atoms with Crippen LogP contribution >= 0.6 is 34.2 Å². The number of anilines is 1. The van der Waals surface area contributed by atoms with Crippen molar-refractivity contribution < 1.29 is 0 Å². The molecule has 0 bridgehead atoms. The molecular weight excluding hydrogens is 312 g/mol. The van der Waals surface area contributed by atoms with E-state index in [0.717, 1.165) is 9.39 Å². The van der Waals surface area contributed by atoms with E-state index in [0.29, 0.717) is 11.6 Å². The Bertz CT molecular complexity index is 362. The number of nitrogens with zero attached hydrogens (tertiary/aromatic N) is 2. The van der Waals surface area contributed by atoms with Crippen LogP contribution in [0.2, 0.25) is 5.02 Å². The fraction of sp³-hybridized carbons (Fsp3) is 0.333. The van der Waals surface area contributed by atoms with Crippen LogP contribution in [0.3, 0.4) is 0 Å². The highest BCUT2D eigenvalue weighted by molar-refractivity contribution is 14.1. The lowest BCUT2D eigenvalue weighted by atomic mass is 10.2. The number of rotatable bonds is 3. The molecule has 0 aromatic carbocycles. The Balaban J connectivity index is 2.64. The van der Waals surface area contributed by atoms with E-state index in [1.165, 1.54) is 0 Å². The Morgan fingerprint density at radius 3 is 3.07 bits per heavy atom. The van der Waals surface area contributed by atoms with Gasteiger partial charge in [0.15, 0.2) is 0 Å². The van der Waals surface area contributed by atoms with Crippen molar-refractivity contribution in [1.29, 1.82) is 5.26 Å². The third kappa shape index (κ3) is 3.31. The summed E-state index contributed by atoms with van der Waals surface area (Å²) in [5, 5.41) is 12.3. The molecule has 0 saturated heterocycles. The molecule has 0 radical (unpaired) electrons. The molecule has 1 aromatic heterocycles. The van der Waals surface area contributed by atoms with Gasteiger partial charge in [-0.15, -0.1) is 0 Å². The van der Waals surface area contributed by atoms with E-state index in [1.807, 2.05) is 13.0 Å². The first kappa shape index (κ1) is 11.5. The highest BCUT2D eigenvalue weighted by Crippen LogP contribution is 2.19. The quantitative estimate of drug-likeness (QED) is 0.871. The van der Waals surface area contributed by atoms with E-state index in [2.05, 4.69) is 39.0 Å². The zero-order chi connectivity index (χ0) is 10.6. The number of hydrogen-bond acceptors (Lipinski definition) is 3. The van der Waals surface area contributed by atoms with Crippen molar-refractivity contribution in [2.24, 2.45) is 5.92 Å². The van der Waals surface area contributed by atoms with Crippen molar-refractivity contribution in [3.05, 3.63) is 20.9 Å². The van der Waals surface area contributed by atoms with E-state index < -0.39 is 0 Å². The summed E-state index contributed by atoms with van der Waals surface area (Å²) in [4.78, 5) is 4.12. The van der Waals surface area contributed by atoms with Gasteiger partial charge in [0.2, 0.25) is 0 Å². The second kappa shape index (κ2) is 5.37. The molecule has 0 aliphatic carbocycles. The topological polar surface area (TPSA) is 48.7 Å². The van der Waals surface area contributed by atoms with E-state index in [-0.39, 0.29) is 5.92 Å². The van der Waals surface area contributed by atoms with Gasteiger partial charge in [0.05, 0.1) is 20.6 Å². The maximum atomic E-state index is 8.59. The zero-order valence-corrected chi connectivity index (χ0v) is 10.5. The fourth-order valence-electron chi connectivity index (χ4n) is 0.840. The Morgan fingerprint density at radius 1 is 1.79 bits per heavy atom. The number of aromatic nitrogens is 1. The standard InChI is InChI=1S/C9H9ClIN3/c1-6(3-12)4-13-9-8(11)2-7(10)5-14-9/h2,5-6H,4H2,1H3,(H,13,14). The van der Waals surface area contributed by atoms with Crippen LogP contribution in [-0.2, 0) is 0 Å². The summed E-state index contributed by atoms with van der Waals surface area (Å²) in [6.45, 7) is 2.46. The van der Waals surface area contributed by atoms with Crippen LogP contribution in [0.15, 0.2) is 12.3 Å². The summed E-state index contributed by atoms with van der Waals surface area (Å²) in [7, 11) is 0. The molecule has 0 aliphatic rings. The lowest BCUT2D eigenvalue weighted by Gasteiger charge is -2.08. The predicted molar refractivity (Wildman–Crippen MR) is 65.2 cm³/mol. The van der Waals surface area contributed by atoms with Crippen molar-refractivity contribution in [1.82, 2.24) is 4.98 Å². The van der Waals surface area contributed by atoms with Gasteiger partial charge in [-0.3, -0.25) is 0 Å². The summed E-state index contributed by atoms with van der Waals surface area (Å²) >= 11 is 7.91. The SMILES string of the molecule is CC(C#N)CNc1ncc(Cl)cc1I. The first-order valence-electron chi connectivity index (χ1n) is 4.08. The maximum absolute atomic E-state index is 8.59. The molecule has 1 aromatic rings. The average molecular weight is 322 g/mol. The summed E-state index contributed by atoms with van der Waals surface area (Å²) in [6, 6.07) is 3.98. The summed E-state index contributed by atoms with van der Waals surface area (Å²) in [6.07, 6.45) is 1.59. The Morgan fingerprint density at radius 2 is 2.50 bits per heavy atom. The van der Waals surface area contributed by atoms with Gasteiger partial charge in [-0.05, 0) is 35.6 Å². The van der Waals surface area contributed by atoms with E-state index in [9.17, 15) is 0 Å². The van der Waals surface area contributed by atoms with Crippen LogP contribution < -0.4 is 5.32 Å². The molecule has 1 heterocycles. The molecule has 0 spiro atoms. The molecule has 0 saturated carbocycles. The van der Waals surface area contributed by atoms with E-state index in [4.69, 9.17) is 16.9 Å². The van der Waals surface area contributed by atoms with Crippen LogP contribution in [0.1, 0.15) is 6.92 Å². The highest BCUT2D eigenvalue weighted by atomic mass is 127. The van der Waals surface area contributed by atoms with Gasteiger partial charge >= 0.3 is 0 Å². The maximum Gasteiger partial charge on any atom is 0.139 e. The van der Waals surface area contributed by atoms with E-state index in [1.54, 1.807) is 6.20 Å². The van der Waals surface area contributed by atoms with Gasteiger partial charge in [0.1, 0.15) is 5.82 Å². The lowest BCUT2D eigenvalue weighted by molar-refractivity contribution is 0.782. The van der Waals surface area contributed by atoms with E-state index >= 15 is 0 Å². The zero-order valence-electron chi connectivity index (χ0n) is 7.59. The van der Waals surface area contributed by atoms with Crippen molar-refractivity contribution in [2.45, 2.75) is 6.92 Å². The van der Waals surface area contributed by atoms with Gasteiger partial charge in [0, 0.05) is 12.7 Å². The molecule has 74 valence electrons.